The fraction of sp³-hybridized carbons (Fsp3) is 0.700. The Labute approximate surface area is 131 Å². The molecule has 0 spiro atoms. The lowest BCUT2D eigenvalue weighted by Crippen LogP contribution is -2.55. The van der Waals surface area contributed by atoms with Crippen molar-refractivity contribution in [1.82, 2.24) is 0 Å². The minimum Gasteiger partial charge on any atom is -0.325 e. The molecule has 1 fully saturated rings. The van der Waals surface area contributed by atoms with Gasteiger partial charge in [0.2, 0.25) is 0 Å². The molecule has 0 amide bonds. The van der Waals surface area contributed by atoms with Crippen molar-refractivity contribution in [1.29, 1.82) is 0 Å². The lowest BCUT2D eigenvalue weighted by molar-refractivity contribution is 0.0791. The van der Waals surface area contributed by atoms with Crippen LogP contribution in [0, 0.1) is 32.1 Å². The van der Waals surface area contributed by atoms with E-state index < -0.39 is 0 Å². The zero-order chi connectivity index (χ0) is 15.8. The van der Waals surface area contributed by atoms with Crippen LogP contribution in [0.4, 0.5) is 0 Å². The van der Waals surface area contributed by atoms with E-state index in [1.54, 1.807) is 0 Å². The Morgan fingerprint density at radius 1 is 1.10 bits per heavy atom. The molecule has 0 aromatic heterocycles. The molecular weight excluding hydrogens is 254 g/mol. The van der Waals surface area contributed by atoms with Crippen LogP contribution in [0.15, 0.2) is 12.1 Å². The minimum absolute atomic E-state index is 0.0404. The van der Waals surface area contributed by atoms with Crippen LogP contribution in [-0.2, 0) is 6.42 Å². The Kier molecular flexibility index (Phi) is 4.54. The van der Waals surface area contributed by atoms with Crippen molar-refractivity contribution in [3.05, 3.63) is 34.4 Å². The second kappa shape index (κ2) is 5.76. The van der Waals surface area contributed by atoms with Crippen molar-refractivity contribution in [2.45, 2.75) is 79.2 Å². The summed E-state index contributed by atoms with van der Waals surface area (Å²) in [6, 6.07) is 4.61. The molecule has 1 aliphatic rings. The summed E-state index contributed by atoms with van der Waals surface area (Å²) in [5.41, 5.74) is 12.9. The molecule has 1 nitrogen and oxygen atoms in total. The van der Waals surface area contributed by atoms with Crippen LogP contribution >= 0.6 is 0 Å². The predicted octanol–water partition coefficient (Wildman–Crippen LogP) is 5.09. The Hall–Kier alpha value is -0.820. The largest absolute Gasteiger partial charge is 0.325 e. The topological polar surface area (TPSA) is 26.0 Å². The van der Waals surface area contributed by atoms with Crippen LogP contribution in [0.5, 0.6) is 0 Å². The summed E-state index contributed by atoms with van der Waals surface area (Å²) in [5.74, 6) is 0.610. The summed E-state index contributed by atoms with van der Waals surface area (Å²) < 4.78 is 0. The first-order valence-electron chi connectivity index (χ1n) is 8.49. The van der Waals surface area contributed by atoms with E-state index in [0.717, 1.165) is 6.42 Å². The Bertz CT molecular complexity index is 486. The molecule has 1 aromatic rings. The molecule has 1 saturated carbocycles. The maximum absolute atomic E-state index is 7.00. The summed E-state index contributed by atoms with van der Waals surface area (Å²) in [5, 5.41) is 0. The summed E-state index contributed by atoms with van der Waals surface area (Å²) in [6.07, 6.45) is 6.11. The van der Waals surface area contributed by atoms with Gasteiger partial charge in [0.05, 0.1) is 0 Å². The zero-order valence-corrected chi connectivity index (χ0v) is 14.8. The smallest absolute Gasteiger partial charge is 0.0228 e. The van der Waals surface area contributed by atoms with Gasteiger partial charge < -0.3 is 5.73 Å². The normalized spacial score (nSPS) is 26.9. The van der Waals surface area contributed by atoms with Crippen molar-refractivity contribution >= 4 is 0 Å². The maximum Gasteiger partial charge on any atom is 0.0228 e. The summed E-state index contributed by atoms with van der Waals surface area (Å²) in [4.78, 5) is 0. The fourth-order valence-corrected chi connectivity index (χ4v) is 4.59. The fourth-order valence-electron chi connectivity index (χ4n) is 4.59. The highest BCUT2D eigenvalue weighted by atomic mass is 14.8. The van der Waals surface area contributed by atoms with E-state index in [1.807, 2.05) is 0 Å². The average molecular weight is 287 g/mol. The van der Waals surface area contributed by atoms with Crippen molar-refractivity contribution in [3.8, 4) is 0 Å². The van der Waals surface area contributed by atoms with Crippen molar-refractivity contribution < 1.29 is 0 Å². The number of nitrogens with two attached hydrogens (primary N) is 1. The molecule has 2 unspecified atom stereocenters. The molecule has 0 radical (unpaired) electrons. The standard InChI is InChI=1S/C20H33N/c1-14-11-15(2)17(16(3)12-14)13-20(21)10-8-7-9-18(20)19(4,5)6/h11-12,18H,7-10,13,21H2,1-6H3. The molecular formula is C20H33N. The molecule has 21 heavy (non-hydrogen) atoms. The van der Waals surface area contributed by atoms with E-state index in [4.69, 9.17) is 5.73 Å². The van der Waals surface area contributed by atoms with Crippen LogP contribution < -0.4 is 5.73 Å². The molecule has 0 saturated heterocycles. The average Bonchev–Trinajstić information content (AvgIpc) is 2.33. The molecule has 1 aromatic carbocycles. The van der Waals surface area contributed by atoms with E-state index in [9.17, 15) is 0 Å². The van der Waals surface area contributed by atoms with Crippen molar-refractivity contribution in [2.75, 3.05) is 0 Å². The zero-order valence-electron chi connectivity index (χ0n) is 14.8. The van der Waals surface area contributed by atoms with Gasteiger partial charge >= 0.3 is 0 Å². The first-order chi connectivity index (χ1) is 9.63. The highest BCUT2D eigenvalue weighted by Crippen LogP contribution is 2.45. The second-order valence-corrected chi connectivity index (χ2v) is 8.45. The van der Waals surface area contributed by atoms with E-state index in [-0.39, 0.29) is 5.54 Å². The Morgan fingerprint density at radius 3 is 2.19 bits per heavy atom. The van der Waals surface area contributed by atoms with Gasteiger partial charge in [-0.1, -0.05) is 51.3 Å². The van der Waals surface area contributed by atoms with Crippen molar-refractivity contribution in [2.24, 2.45) is 17.1 Å². The third kappa shape index (κ3) is 3.51. The number of rotatable bonds is 2. The third-order valence-electron chi connectivity index (χ3n) is 5.47. The summed E-state index contributed by atoms with van der Waals surface area (Å²) in [7, 11) is 0. The summed E-state index contributed by atoms with van der Waals surface area (Å²) in [6.45, 7) is 13.8. The van der Waals surface area contributed by atoms with Gasteiger partial charge in [-0.2, -0.15) is 0 Å². The van der Waals surface area contributed by atoms with Gasteiger partial charge in [0, 0.05) is 5.54 Å². The Balaban J connectivity index is 2.35. The van der Waals surface area contributed by atoms with Gasteiger partial charge in [0.25, 0.3) is 0 Å². The maximum atomic E-state index is 7.00. The van der Waals surface area contributed by atoms with E-state index in [2.05, 4.69) is 53.7 Å². The third-order valence-corrected chi connectivity index (χ3v) is 5.47. The minimum atomic E-state index is -0.0404. The number of hydrogen-bond acceptors (Lipinski definition) is 1. The van der Waals surface area contributed by atoms with Gasteiger partial charge in [-0.15, -0.1) is 0 Å². The molecule has 0 heterocycles. The summed E-state index contributed by atoms with van der Waals surface area (Å²) >= 11 is 0. The highest BCUT2D eigenvalue weighted by Gasteiger charge is 2.43. The van der Waals surface area contributed by atoms with Crippen LogP contribution in [0.3, 0.4) is 0 Å². The predicted molar refractivity (Wildman–Crippen MR) is 92.7 cm³/mol. The van der Waals surface area contributed by atoms with Gasteiger partial charge in [0.15, 0.2) is 0 Å². The Morgan fingerprint density at radius 2 is 1.67 bits per heavy atom. The van der Waals surface area contributed by atoms with Gasteiger partial charge in [-0.3, -0.25) is 0 Å². The molecule has 2 N–H and O–H groups in total. The molecule has 0 bridgehead atoms. The first kappa shape index (κ1) is 16.5. The molecule has 118 valence electrons. The second-order valence-electron chi connectivity index (χ2n) is 8.45. The van der Waals surface area contributed by atoms with E-state index in [0.29, 0.717) is 11.3 Å². The van der Waals surface area contributed by atoms with E-state index >= 15 is 0 Å². The monoisotopic (exact) mass is 287 g/mol. The van der Waals surface area contributed by atoms with Crippen LogP contribution in [0.1, 0.15) is 68.7 Å². The van der Waals surface area contributed by atoms with Crippen molar-refractivity contribution in [3.63, 3.8) is 0 Å². The lowest BCUT2D eigenvalue weighted by Gasteiger charge is -2.48. The van der Waals surface area contributed by atoms with Crippen LogP contribution in [0.2, 0.25) is 0 Å². The van der Waals surface area contributed by atoms with Crippen LogP contribution in [0.25, 0.3) is 0 Å². The molecule has 2 rings (SSSR count). The van der Waals surface area contributed by atoms with Crippen LogP contribution in [-0.4, -0.2) is 5.54 Å². The van der Waals surface area contributed by atoms with Gasteiger partial charge in [-0.05, 0) is 68.1 Å². The number of aryl methyl sites for hydroxylation is 3. The van der Waals surface area contributed by atoms with E-state index in [1.165, 1.54) is 47.9 Å². The SMILES string of the molecule is Cc1cc(C)c(CC2(N)CCCCC2C(C)(C)C)c(C)c1. The quantitative estimate of drug-likeness (QED) is 0.805. The highest BCUT2D eigenvalue weighted by molar-refractivity contribution is 5.39. The lowest BCUT2D eigenvalue weighted by atomic mass is 9.60. The molecule has 1 heteroatoms. The number of hydrogen-bond donors (Lipinski definition) is 1. The number of benzene rings is 1. The molecule has 1 aliphatic carbocycles. The molecule has 2 atom stereocenters. The first-order valence-corrected chi connectivity index (χ1v) is 8.49. The van der Waals surface area contributed by atoms with Gasteiger partial charge in [-0.25, -0.2) is 0 Å². The van der Waals surface area contributed by atoms with Gasteiger partial charge in [0.1, 0.15) is 0 Å². The molecule has 0 aliphatic heterocycles.